The minimum Gasteiger partial charge on any atom is -0.386 e. The van der Waals surface area contributed by atoms with E-state index in [-0.39, 0.29) is 17.7 Å². The van der Waals surface area contributed by atoms with Gasteiger partial charge in [0.05, 0.1) is 0 Å². The van der Waals surface area contributed by atoms with Crippen molar-refractivity contribution >= 4 is 17.5 Å². The molecule has 1 heterocycles. The molecular weight excluding hydrogens is 418 g/mol. The number of amides is 2. The Hall–Kier alpha value is -2.74. The van der Waals surface area contributed by atoms with Gasteiger partial charge >= 0.3 is 0 Å². The van der Waals surface area contributed by atoms with E-state index in [0.29, 0.717) is 44.6 Å². The van der Waals surface area contributed by atoms with E-state index in [2.05, 4.69) is 5.32 Å². The third kappa shape index (κ3) is 4.67. The number of aliphatic hydroxyl groups excluding tert-OH is 1. The molecule has 0 radical (unpaired) electrons. The number of benzene rings is 2. The van der Waals surface area contributed by atoms with E-state index < -0.39 is 11.8 Å². The van der Waals surface area contributed by atoms with Crippen LogP contribution in [0, 0.1) is 5.92 Å². The average Bonchev–Trinajstić information content (AvgIpc) is 3.68. The summed E-state index contributed by atoms with van der Waals surface area (Å²) in [5.41, 5.74) is 2.40. The summed E-state index contributed by atoms with van der Waals surface area (Å²) in [6.07, 6.45) is 3.30. The van der Waals surface area contributed by atoms with Crippen LogP contribution in [0.5, 0.6) is 0 Å². The number of hydrogen-bond donors (Lipinski definition) is 3. The van der Waals surface area contributed by atoms with Gasteiger partial charge in [0.15, 0.2) is 0 Å². The van der Waals surface area contributed by atoms with E-state index >= 15 is 0 Å². The van der Waals surface area contributed by atoms with E-state index in [1.165, 1.54) is 0 Å². The summed E-state index contributed by atoms with van der Waals surface area (Å²) in [6.45, 7) is 2.15. The fourth-order valence-corrected chi connectivity index (χ4v) is 4.66. The molecule has 0 aromatic heterocycles. The second-order valence-electron chi connectivity index (χ2n) is 9.58. The molecule has 1 unspecified atom stereocenters. The average molecular weight is 450 g/mol. The summed E-state index contributed by atoms with van der Waals surface area (Å²) in [4.78, 5) is 28.7. The Labute approximate surface area is 194 Å². The zero-order chi connectivity index (χ0) is 23.0. The molecule has 33 heavy (non-hydrogen) atoms. The van der Waals surface area contributed by atoms with Crippen molar-refractivity contribution in [1.82, 2.24) is 9.80 Å². The number of nitrogens with zero attached hydrogens (tertiary/aromatic N) is 2. The first kappa shape index (κ1) is 22.1. The van der Waals surface area contributed by atoms with Crippen LogP contribution in [0.2, 0.25) is 0 Å². The third-order valence-electron chi connectivity index (χ3n) is 7.19. The van der Waals surface area contributed by atoms with Gasteiger partial charge in [-0.05, 0) is 67.5 Å². The van der Waals surface area contributed by atoms with Crippen LogP contribution in [-0.2, 0) is 4.79 Å². The minimum atomic E-state index is -0.986. The quantitative estimate of drug-likeness (QED) is 0.631. The monoisotopic (exact) mass is 449 g/mol. The lowest BCUT2D eigenvalue weighted by molar-refractivity contribution is -0.190. The zero-order valence-electron chi connectivity index (χ0n) is 18.7. The van der Waals surface area contributed by atoms with Gasteiger partial charge in [-0.2, -0.15) is 0 Å². The number of rotatable bonds is 6. The maximum Gasteiger partial charge on any atom is 0.253 e. The molecule has 2 aromatic rings. The van der Waals surface area contributed by atoms with Gasteiger partial charge in [0.1, 0.15) is 11.8 Å². The van der Waals surface area contributed by atoms with Gasteiger partial charge in [-0.25, -0.2) is 0 Å². The number of carbonyl (C=O) groups excluding carboxylic acids is 2. The fraction of sp³-hybridized carbons (Fsp3) is 0.462. The molecule has 3 N–H and O–H groups in total. The van der Waals surface area contributed by atoms with Crippen LogP contribution in [0.1, 0.15) is 42.5 Å². The molecule has 1 atom stereocenters. The molecule has 3 aliphatic rings. The lowest BCUT2D eigenvalue weighted by atomic mass is 9.78. The van der Waals surface area contributed by atoms with Crippen molar-refractivity contribution in [3.63, 3.8) is 0 Å². The second kappa shape index (κ2) is 8.89. The van der Waals surface area contributed by atoms with Crippen LogP contribution >= 0.6 is 0 Å². The lowest BCUT2D eigenvalue weighted by Gasteiger charge is -2.47. The molecule has 0 spiro atoms. The highest BCUT2D eigenvalue weighted by molar-refractivity contribution is 5.96. The van der Waals surface area contributed by atoms with Gasteiger partial charge in [-0.3, -0.25) is 14.5 Å². The molecule has 7 heteroatoms. The zero-order valence-corrected chi connectivity index (χ0v) is 18.7. The lowest BCUT2D eigenvalue weighted by Crippen LogP contribution is -2.61. The van der Waals surface area contributed by atoms with E-state index in [9.17, 15) is 19.8 Å². The van der Waals surface area contributed by atoms with Crippen LogP contribution in [0.25, 0.3) is 11.1 Å². The highest BCUT2D eigenvalue weighted by Crippen LogP contribution is 2.36. The Kier molecular flexibility index (Phi) is 5.95. The first-order valence-electron chi connectivity index (χ1n) is 11.9. The van der Waals surface area contributed by atoms with Crippen molar-refractivity contribution in [3.8, 4) is 11.1 Å². The van der Waals surface area contributed by atoms with Crippen LogP contribution in [0.4, 0.5) is 5.69 Å². The number of hydrogen-bond acceptors (Lipinski definition) is 5. The van der Waals surface area contributed by atoms with E-state index in [4.69, 9.17) is 0 Å². The largest absolute Gasteiger partial charge is 0.386 e. The van der Waals surface area contributed by atoms with E-state index in [1.807, 2.05) is 53.4 Å². The SMILES string of the molecule is O=C(Nc1cccc(-c2ccc(C(=O)N3CCN(C(O)C4(O)CCC4)CC3)cc2)c1)C1CC1. The topological polar surface area (TPSA) is 93.1 Å². The Balaban J connectivity index is 1.19. The molecule has 2 amide bonds. The summed E-state index contributed by atoms with van der Waals surface area (Å²) >= 11 is 0. The Morgan fingerprint density at radius 1 is 0.970 bits per heavy atom. The Morgan fingerprint density at radius 2 is 1.67 bits per heavy atom. The van der Waals surface area contributed by atoms with Crippen molar-refractivity contribution in [3.05, 3.63) is 54.1 Å². The van der Waals surface area contributed by atoms with Crippen molar-refractivity contribution in [1.29, 1.82) is 0 Å². The van der Waals surface area contributed by atoms with Gasteiger partial charge in [-0.15, -0.1) is 0 Å². The first-order chi connectivity index (χ1) is 15.9. The first-order valence-corrected chi connectivity index (χ1v) is 11.9. The Morgan fingerprint density at radius 3 is 2.27 bits per heavy atom. The molecule has 3 fully saturated rings. The van der Waals surface area contributed by atoms with Gasteiger partial charge in [0, 0.05) is 43.3 Å². The third-order valence-corrected chi connectivity index (χ3v) is 7.19. The van der Waals surface area contributed by atoms with Crippen LogP contribution in [0.3, 0.4) is 0 Å². The van der Waals surface area contributed by atoms with E-state index in [1.54, 1.807) is 4.90 Å². The number of aliphatic hydroxyl groups is 2. The molecule has 2 aliphatic carbocycles. The van der Waals surface area contributed by atoms with Crippen LogP contribution in [0.15, 0.2) is 48.5 Å². The fourth-order valence-electron chi connectivity index (χ4n) is 4.66. The number of anilines is 1. The number of piperazine rings is 1. The highest BCUT2D eigenvalue weighted by Gasteiger charge is 2.45. The van der Waals surface area contributed by atoms with Gasteiger partial charge in [0.25, 0.3) is 5.91 Å². The standard InChI is InChI=1S/C26H31N3O4/c30-23(19-7-8-19)27-22-4-1-3-21(17-22)18-5-9-20(10-6-18)24(31)28-13-15-29(16-14-28)25(32)26(33)11-2-12-26/h1,3-6,9-10,17,19,25,32-33H,2,7-8,11-16H2,(H,27,30). The summed E-state index contributed by atoms with van der Waals surface area (Å²) in [5, 5.41) is 23.9. The number of carbonyl (C=O) groups is 2. The molecule has 7 nitrogen and oxygen atoms in total. The van der Waals surface area contributed by atoms with Crippen LogP contribution in [-0.4, -0.2) is 69.8 Å². The molecule has 174 valence electrons. The van der Waals surface area contributed by atoms with Crippen molar-refractivity contribution in [2.75, 3.05) is 31.5 Å². The van der Waals surface area contributed by atoms with Crippen LogP contribution < -0.4 is 5.32 Å². The molecule has 1 aliphatic heterocycles. The molecule has 2 aromatic carbocycles. The summed E-state index contributed by atoms with van der Waals surface area (Å²) in [5.74, 6) is 0.220. The second-order valence-corrected chi connectivity index (χ2v) is 9.58. The summed E-state index contributed by atoms with van der Waals surface area (Å²) in [7, 11) is 0. The highest BCUT2D eigenvalue weighted by atomic mass is 16.4. The summed E-state index contributed by atoms with van der Waals surface area (Å²) in [6, 6.07) is 15.3. The Bertz CT molecular complexity index is 1020. The maximum atomic E-state index is 13.0. The molecule has 2 saturated carbocycles. The predicted molar refractivity (Wildman–Crippen MR) is 126 cm³/mol. The normalized spacial score (nSPS) is 21.2. The molecule has 5 rings (SSSR count). The maximum absolute atomic E-state index is 13.0. The van der Waals surface area contributed by atoms with Crippen molar-refractivity contribution in [2.24, 2.45) is 5.92 Å². The summed E-state index contributed by atoms with van der Waals surface area (Å²) < 4.78 is 0. The molecule has 0 bridgehead atoms. The van der Waals surface area contributed by atoms with Gasteiger partial charge in [0.2, 0.25) is 5.91 Å². The minimum absolute atomic E-state index is 0.0245. The predicted octanol–water partition coefficient (Wildman–Crippen LogP) is 2.69. The van der Waals surface area contributed by atoms with Crippen molar-refractivity contribution < 1.29 is 19.8 Å². The smallest absolute Gasteiger partial charge is 0.253 e. The number of nitrogens with one attached hydrogen (secondary N) is 1. The van der Waals surface area contributed by atoms with E-state index in [0.717, 1.165) is 36.1 Å². The molecule has 1 saturated heterocycles. The van der Waals surface area contributed by atoms with Gasteiger partial charge in [-0.1, -0.05) is 24.3 Å². The van der Waals surface area contributed by atoms with Crippen molar-refractivity contribution in [2.45, 2.75) is 43.9 Å². The van der Waals surface area contributed by atoms with Gasteiger partial charge < -0.3 is 20.4 Å². The molecular formula is C26H31N3O4.